The molecule has 3 aromatic rings. The number of aromatic nitrogens is 2. The van der Waals surface area contributed by atoms with Gasteiger partial charge in [0.05, 0.1) is 36.7 Å². The lowest BCUT2D eigenvalue weighted by Gasteiger charge is -2.16. The second-order valence-electron chi connectivity index (χ2n) is 5.98. The Morgan fingerprint density at radius 3 is 2.14 bits per heavy atom. The van der Waals surface area contributed by atoms with Crippen molar-refractivity contribution in [2.75, 3.05) is 14.2 Å². The van der Waals surface area contributed by atoms with Gasteiger partial charge in [0.2, 0.25) is 0 Å². The molecular weight excluding hydrogens is 364 g/mol. The minimum Gasteiger partial charge on any atom is -0.496 e. The van der Waals surface area contributed by atoms with Crippen LogP contribution < -0.4 is 9.47 Å². The molecule has 144 valence electrons. The fourth-order valence-corrected chi connectivity index (χ4v) is 2.92. The third-order valence-corrected chi connectivity index (χ3v) is 4.30. The lowest BCUT2D eigenvalue weighted by Crippen LogP contribution is -2.07. The molecule has 0 atom stereocenters. The number of aromatic carboxylic acids is 2. The van der Waals surface area contributed by atoms with E-state index in [2.05, 4.69) is 5.10 Å². The number of hydrogen-bond donors (Lipinski definition) is 2. The molecule has 0 aliphatic carbocycles. The maximum atomic E-state index is 11.6. The first-order valence-electron chi connectivity index (χ1n) is 8.26. The van der Waals surface area contributed by atoms with E-state index < -0.39 is 11.9 Å². The first-order chi connectivity index (χ1) is 13.4. The fourth-order valence-electron chi connectivity index (χ4n) is 2.92. The molecule has 0 fully saturated rings. The van der Waals surface area contributed by atoms with Crippen molar-refractivity contribution in [2.45, 2.75) is 6.92 Å². The summed E-state index contributed by atoms with van der Waals surface area (Å²) in [6, 6.07) is 11.1. The van der Waals surface area contributed by atoms with Crippen molar-refractivity contribution in [3.8, 4) is 28.4 Å². The van der Waals surface area contributed by atoms with Gasteiger partial charge < -0.3 is 19.7 Å². The number of aryl methyl sites for hydroxylation is 1. The van der Waals surface area contributed by atoms with Gasteiger partial charge in [0.25, 0.3) is 0 Å². The Labute approximate surface area is 160 Å². The second kappa shape index (κ2) is 7.43. The summed E-state index contributed by atoms with van der Waals surface area (Å²) in [7, 11) is 2.99. The molecule has 8 nitrogen and oxygen atoms in total. The van der Waals surface area contributed by atoms with Crippen LogP contribution in [0.4, 0.5) is 0 Å². The minimum absolute atomic E-state index is 0.0610. The second-order valence-corrected chi connectivity index (χ2v) is 5.98. The van der Waals surface area contributed by atoms with Gasteiger partial charge >= 0.3 is 11.9 Å². The van der Waals surface area contributed by atoms with Gasteiger partial charge in [-0.25, -0.2) is 14.3 Å². The summed E-state index contributed by atoms with van der Waals surface area (Å²) in [6.07, 6.45) is 0. The monoisotopic (exact) mass is 382 g/mol. The number of rotatable bonds is 6. The Balaban J connectivity index is 2.36. The van der Waals surface area contributed by atoms with E-state index in [1.54, 1.807) is 31.2 Å². The molecular formula is C20H18N2O6. The van der Waals surface area contributed by atoms with Crippen LogP contribution in [-0.2, 0) is 0 Å². The van der Waals surface area contributed by atoms with Crippen LogP contribution in [0.25, 0.3) is 16.9 Å². The van der Waals surface area contributed by atoms with E-state index in [-0.39, 0.29) is 11.3 Å². The number of methoxy groups -OCH3 is 2. The largest absolute Gasteiger partial charge is 0.496 e. The number of benzene rings is 2. The first kappa shape index (κ1) is 19.0. The first-order valence-corrected chi connectivity index (χ1v) is 8.26. The Hall–Kier alpha value is -3.81. The highest BCUT2D eigenvalue weighted by atomic mass is 16.5. The Morgan fingerprint density at radius 1 is 0.964 bits per heavy atom. The van der Waals surface area contributed by atoms with Crippen LogP contribution in [0.3, 0.4) is 0 Å². The molecule has 0 aliphatic heterocycles. The van der Waals surface area contributed by atoms with Gasteiger partial charge in [-0.05, 0) is 42.8 Å². The molecule has 0 saturated carbocycles. The molecule has 1 aromatic heterocycles. The van der Waals surface area contributed by atoms with E-state index in [1.807, 2.05) is 0 Å². The van der Waals surface area contributed by atoms with Gasteiger partial charge in [-0.1, -0.05) is 12.1 Å². The Kier molecular flexibility index (Phi) is 5.04. The number of ether oxygens (including phenoxy) is 2. The molecule has 0 radical (unpaired) electrons. The van der Waals surface area contributed by atoms with Crippen molar-refractivity contribution >= 4 is 11.9 Å². The van der Waals surface area contributed by atoms with Crippen LogP contribution in [0.1, 0.15) is 26.4 Å². The molecule has 0 bridgehead atoms. The summed E-state index contributed by atoms with van der Waals surface area (Å²) in [6.45, 7) is 1.78. The van der Waals surface area contributed by atoms with Crippen LogP contribution in [0.5, 0.6) is 11.5 Å². The summed E-state index contributed by atoms with van der Waals surface area (Å²) >= 11 is 0. The van der Waals surface area contributed by atoms with Gasteiger partial charge in [-0.2, -0.15) is 5.10 Å². The van der Waals surface area contributed by atoms with Gasteiger partial charge in [-0.15, -0.1) is 0 Å². The minimum atomic E-state index is -1.21. The lowest BCUT2D eigenvalue weighted by atomic mass is 10.1. The van der Waals surface area contributed by atoms with Crippen LogP contribution in [0, 0.1) is 6.92 Å². The van der Waals surface area contributed by atoms with E-state index in [0.29, 0.717) is 28.4 Å². The average Bonchev–Trinajstić information content (AvgIpc) is 3.12. The van der Waals surface area contributed by atoms with E-state index in [9.17, 15) is 19.8 Å². The van der Waals surface area contributed by atoms with E-state index in [0.717, 1.165) is 5.56 Å². The topological polar surface area (TPSA) is 111 Å². The van der Waals surface area contributed by atoms with Crippen molar-refractivity contribution in [3.05, 3.63) is 59.3 Å². The number of carboxylic acid groups (broad SMARTS) is 2. The maximum absolute atomic E-state index is 11.6. The number of carbonyl (C=O) groups is 2. The van der Waals surface area contributed by atoms with Gasteiger partial charge in [0.15, 0.2) is 5.69 Å². The van der Waals surface area contributed by atoms with Crippen LogP contribution in [-0.4, -0.2) is 46.2 Å². The van der Waals surface area contributed by atoms with E-state index in [4.69, 9.17) is 9.47 Å². The van der Waals surface area contributed by atoms with E-state index >= 15 is 0 Å². The van der Waals surface area contributed by atoms with Crippen molar-refractivity contribution in [1.82, 2.24) is 9.78 Å². The Bertz CT molecular complexity index is 1050. The van der Waals surface area contributed by atoms with Crippen LogP contribution in [0.2, 0.25) is 0 Å². The molecule has 0 aliphatic rings. The lowest BCUT2D eigenvalue weighted by molar-refractivity contribution is 0.0681. The summed E-state index contributed by atoms with van der Waals surface area (Å²) in [5.41, 5.74) is 1.94. The molecule has 8 heteroatoms. The van der Waals surface area contributed by atoms with Crippen molar-refractivity contribution in [3.63, 3.8) is 0 Å². The molecule has 2 aromatic carbocycles. The highest BCUT2D eigenvalue weighted by molar-refractivity contribution is 5.90. The molecule has 0 saturated heterocycles. The zero-order valence-corrected chi connectivity index (χ0v) is 15.5. The smallest absolute Gasteiger partial charge is 0.356 e. The van der Waals surface area contributed by atoms with Crippen LogP contribution >= 0.6 is 0 Å². The molecule has 0 spiro atoms. The fraction of sp³-hybridized carbons (Fsp3) is 0.150. The highest BCUT2D eigenvalue weighted by Gasteiger charge is 2.23. The quantitative estimate of drug-likeness (QED) is 0.673. The molecule has 0 amide bonds. The van der Waals surface area contributed by atoms with E-state index in [1.165, 1.54) is 37.1 Å². The van der Waals surface area contributed by atoms with Crippen molar-refractivity contribution in [1.29, 1.82) is 0 Å². The van der Waals surface area contributed by atoms with Gasteiger partial charge in [0.1, 0.15) is 11.5 Å². The maximum Gasteiger partial charge on any atom is 0.356 e. The SMILES string of the molecule is COc1cccc(OC)c1-c1cc(C(=O)O)nn1-c1cc(C(=O)O)ccc1C. The number of hydrogen-bond acceptors (Lipinski definition) is 5. The molecule has 0 unspecified atom stereocenters. The number of nitrogens with zero attached hydrogens (tertiary/aromatic N) is 2. The summed E-state index contributed by atoms with van der Waals surface area (Å²) in [5.74, 6) is -1.38. The van der Waals surface area contributed by atoms with Crippen molar-refractivity contribution < 1.29 is 29.3 Å². The predicted octanol–water partition coefficient (Wildman–Crippen LogP) is 3.26. The third-order valence-electron chi connectivity index (χ3n) is 4.30. The summed E-state index contributed by atoms with van der Waals surface area (Å²) < 4.78 is 12.3. The Morgan fingerprint density at radius 2 is 1.61 bits per heavy atom. The predicted molar refractivity (Wildman–Crippen MR) is 101 cm³/mol. The number of carboxylic acids is 2. The third kappa shape index (κ3) is 3.27. The zero-order valence-electron chi connectivity index (χ0n) is 15.5. The van der Waals surface area contributed by atoms with Crippen molar-refractivity contribution in [2.24, 2.45) is 0 Å². The molecule has 28 heavy (non-hydrogen) atoms. The zero-order chi connectivity index (χ0) is 20.4. The molecule has 2 N–H and O–H groups in total. The highest BCUT2D eigenvalue weighted by Crippen LogP contribution is 2.39. The summed E-state index contributed by atoms with van der Waals surface area (Å²) in [4.78, 5) is 23.0. The standard InChI is InChI=1S/C20H18N2O6/c1-11-7-8-12(19(23)24)9-14(11)22-15(10-13(21-22)20(25)26)18-16(27-2)5-4-6-17(18)28-3/h4-10H,1-3H3,(H,23,24)(H,25,26). The van der Waals surface area contributed by atoms with Gasteiger partial charge in [0, 0.05) is 0 Å². The normalized spacial score (nSPS) is 10.5. The molecule has 1 heterocycles. The summed E-state index contributed by atoms with van der Waals surface area (Å²) in [5, 5.41) is 23.0. The molecule has 3 rings (SSSR count). The van der Waals surface area contributed by atoms with Gasteiger partial charge in [-0.3, -0.25) is 0 Å². The average molecular weight is 382 g/mol. The van der Waals surface area contributed by atoms with Crippen LogP contribution in [0.15, 0.2) is 42.5 Å².